The zero-order valence-electron chi connectivity index (χ0n) is 13.2. The number of rotatable bonds is 4. The van der Waals surface area contributed by atoms with Crippen molar-refractivity contribution in [2.75, 3.05) is 0 Å². The minimum atomic E-state index is -0.618. The molecule has 0 amide bonds. The third-order valence-electron chi connectivity index (χ3n) is 4.64. The molecular formula is C18H26O2S. The fourth-order valence-corrected chi connectivity index (χ4v) is 4.61. The zero-order chi connectivity index (χ0) is 15.5. The second kappa shape index (κ2) is 6.87. The number of benzene rings is 1. The van der Waals surface area contributed by atoms with Crippen molar-refractivity contribution in [3.05, 3.63) is 35.9 Å². The van der Waals surface area contributed by atoms with Gasteiger partial charge in [0.25, 0.3) is 0 Å². The minimum Gasteiger partial charge on any atom is -0.481 e. The molecule has 0 spiro atoms. The molecule has 1 saturated carbocycles. The van der Waals surface area contributed by atoms with Gasteiger partial charge >= 0.3 is 5.97 Å². The van der Waals surface area contributed by atoms with Crippen LogP contribution in [0.5, 0.6) is 0 Å². The van der Waals surface area contributed by atoms with E-state index in [-0.39, 0.29) is 16.6 Å². The van der Waals surface area contributed by atoms with E-state index in [0.717, 1.165) is 25.0 Å². The van der Waals surface area contributed by atoms with Gasteiger partial charge in [0.2, 0.25) is 0 Å². The molecule has 0 aliphatic heterocycles. The fraction of sp³-hybridized carbons (Fsp3) is 0.611. The average Bonchev–Trinajstić information content (AvgIpc) is 2.45. The van der Waals surface area contributed by atoms with E-state index in [4.69, 9.17) is 0 Å². The van der Waals surface area contributed by atoms with Crippen LogP contribution in [0.2, 0.25) is 0 Å². The normalized spacial score (nSPS) is 26.5. The Kier molecular flexibility index (Phi) is 5.37. The smallest absolute Gasteiger partial charge is 0.307 e. The van der Waals surface area contributed by atoms with Crippen LogP contribution in [-0.4, -0.2) is 16.3 Å². The highest BCUT2D eigenvalue weighted by atomic mass is 32.2. The molecule has 3 heteroatoms. The maximum atomic E-state index is 11.5. The van der Waals surface area contributed by atoms with Crippen molar-refractivity contribution >= 4 is 17.7 Å². The van der Waals surface area contributed by atoms with Gasteiger partial charge in [0, 0.05) is 11.0 Å². The molecule has 1 aromatic rings. The lowest BCUT2D eigenvalue weighted by molar-refractivity contribution is -0.143. The van der Waals surface area contributed by atoms with Gasteiger partial charge in [-0.15, -0.1) is 0 Å². The van der Waals surface area contributed by atoms with E-state index in [9.17, 15) is 9.90 Å². The predicted octanol–water partition coefficient (Wildman–Crippen LogP) is 4.84. The Balaban J connectivity index is 2.02. The van der Waals surface area contributed by atoms with Crippen molar-refractivity contribution in [3.63, 3.8) is 0 Å². The summed E-state index contributed by atoms with van der Waals surface area (Å²) >= 11 is 1.83. The molecular weight excluding hydrogens is 280 g/mol. The lowest BCUT2D eigenvalue weighted by Crippen LogP contribution is -2.37. The van der Waals surface area contributed by atoms with Crippen LogP contribution >= 0.6 is 11.8 Å². The van der Waals surface area contributed by atoms with E-state index < -0.39 is 5.97 Å². The van der Waals surface area contributed by atoms with E-state index in [1.54, 1.807) is 0 Å². The van der Waals surface area contributed by atoms with Crippen LogP contribution in [0, 0.1) is 17.3 Å². The van der Waals surface area contributed by atoms with Crippen LogP contribution < -0.4 is 0 Å². The molecule has 0 radical (unpaired) electrons. The SMILES string of the molecule is CC(C)(C)C1CCC(C(=O)O)C(SCc2ccccc2)C1. The summed E-state index contributed by atoms with van der Waals surface area (Å²) < 4.78 is 0. The first-order chi connectivity index (χ1) is 9.88. The lowest BCUT2D eigenvalue weighted by atomic mass is 9.69. The number of carboxylic acids is 1. The maximum absolute atomic E-state index is 11.5. The monoisotopic (exact) mass is 306 g/mol. The molecule has 21 heavy (non-hydrogen) atoms. The lowest BCUT2D eigenvalue weighted by Gasteiger charge is -2.40. The summed E-state index contributed by atoms with van der Waals surface area (Å²) in [5, 5.41) is 9.72. The Morgan fingerprint density at radius 3 is 2.48 bits per heavy atom. The molecule has 0 heterocycles. The van der Waals surface area contributed by atoms with Crippen LogP contribution in [0.15, 0.2) is 30.3 Å². The Morgan fingerprint density at radius 2 is 1.90 bits per heavy atom. The van der Waals surface area contributed by atoms with Crippen LogP contribution in [0.3, 0.4) is 0 Å². The largest absolute Gasteiger partial charge is 0.481 e. The second-order valence-corrected chi connectivity index (χ2v) is 8.38. The van der Waals surface area contributed by atoms with E-state index >= 15 is 0 Å². The van der Waals surface area contributed by atoms with Gasteiger partial charge in [0.05, 0.1) is 5.92 Å². The summed E-state index contributed by atoms with van der Waals surface area (Å²) in [7, 11) is 0. The molecule has 1 N–H and O–H groups in total. The Labute approximate surface area is 132 Å². The molecule has 1 aliphatic rings. The molecule has 3 unspecified atom stereocenters. The van der Waals surface area contributed by atoms with E-state index in [2.05, 4.69) is 32.9 Å². The highest BCUT2D eigenvalue weighted by Crippen LogP contribution is 2.44. The van der Waals surface area contributed by atoms with Crippen LogP contribution in [-0.2, 0) is 10.5 Å². The predicted molar refractivity (Wildman–Crippen MR) is 89.4 cm³/mol. The van der Waals surface area contributed by atoms with Gasteiger partial charge in [-0.3, -0.25) is 4.79 Å². The van der Waals surface area contributed by atoms with Crippen molar-refractivity contribution in [2.24, 2.45) is 17.3 Å². The summed E-state index contributed by atoms with van der Waals surface area (Å²) in [6.45, 7) is 6.83. The highest BCUT2D eigenvalue weighted by molar-refractivity contribution is 7.99. The van der Waals surface area contributed by atoms with Crippen molar-refractivity contribution in [1.29, 1.82) is 0 Å². The summed E-state index contributed by atoms with van der Waals surface area (Å²) in [4.78, 5) is 11.5. The number of thioether (sulfide) groups is 1. The molecule has 0 saturated heterocycles. The van der Waals surface area contributed by atoms with Crippen molar-refractivity contribution in [2.45, 2.75) is 51.0 Å². The van der Waals surface area contributed by atoms with Crippen molar-refractivity contribution in [3.8, 4) is 0 Å². The Bertz CT molecular complexity index is 464. The molecule has 2 nitrogen and oxygen atoms in total. The standard InChI is InChI=1S/C18H26O2S/c1-18(2,3)14-9-10-15(17(19)20)16(11-14)21-12-13-7-5-4-6-8-13/h4-8,14-16H,9-12H2,1-3H3,(H,19,20). The maximum Gasteiger partial charge on any atom is 0.307 e. The number of carboxylic acid groups (broad SMARTS) is 1. The Morgan fingerprint density at radius 1 is 1.24 bits per heavy atom. The quantitative estimate of drug-likeness (QED) is 0.865. The van der Waals surface area contributed by atoms with Crippen LogP contribution in [0.25, 0.3) is 0 Å². The van der Waals surface area contributed by atoms with Gasteiger partial charge in [-0.05, 0) is 36.2 Å². The molecule has 0 aromatic heterocycles. The van der Waals surface area contributed by atoms with Gasteiger partial charge in [0.1, 0.15) is 0 Å². The van der Waals surface area contributed by atoms with Gasteiger partial charge in [-0.2, -0.15) is 11.8 Å². The Hall–Kier alpha value is -0.960. The topological polar surface area (TPSA) is 37.3 Å². The first-order valence-corrected chi connectivity index (χ1v) is 8.81. The van der Waals surface area contributed by atoms with Crippen LogP contribution in [0.4, 0.5) is 0 Å². The number of aliphatic carboxylic acids is 1. The third kappa shape index (κ3) is 4.50. The minimum absolute atomic E-state index is 0.183. The van der Waals surface area contributed by atoms with E-state index in [1.165, 1.54) is 5.56 Å². The fourth-order valence-electron chi connectivity index (χ4n) is 3.16. The molecule has 1 fully saturated rings. The van der Waals surface area contributed by atoms with Crippen LogP contribution in [0.1, 0.15) is 45.6 Å². The van der Waals surface area contributed by atoms with Gasteiger partial charge in [-0.25, -0.2) is 0 Å². The zero-order valence-corrected chi connectivity index (χ0v) is 14.0. The first kappa shape index (κ1) is 16.4. The summed E-state index contributed by atoms with van der Waals surface area (Å²) in [5.41, 5.74) is 1.55. The molecule has 1 aromatic carbocycles. The number of hydrogen-bond acceptors (Lipinski definition) is 2. The molecule has 2 rings (SSSR count). The van der Waals surface area contributed by atoms with Gasteiger partial charge < -0.3 is 5.11 Å². The molecule has 116 valence electrons. The number of carbonyl (C=O) groups is 1. The highest BCUT2D eigenvalue weighted by Gasteiger charge is 2.39. The molecule has 3 atom stereocenters. The average molecular weight is 306 g/mol. The molecule has 0 bridgehead atoms. The first-order valence-electron chi connectivity index (χ1n) is 7.76. The summed E-state index contributed by atoms with van der Waals surface area (Å²) in [6.07, 6.45) is 2.89. The summed E-state index contributed by atoms with van der Waals surface area (Å²) in [6, 6.07) is 10.3. The second-order valence-electron chi connectivity index (χ2n) is 7.16. The number of hydrogen-bond donors (Lipinski definition) is 1. The van der Waals surface area contributed by atoms with Crippen molar-refractivity contribution < 1.29 is 9.90 Å². The molecule has 1 aliphatic carbocycles. The van der Waals surface area contributed by atoms with E-state index in [0.29, 0.717) is 5.92 Å². The van der Waals surface area contributed by atoms with Gasteiger partial charge in [-0.1, -0.05) is 51.1 Å². The van der Waals surface area contributed by atoms with Crippen molar-refractivity contribution in [1.82, 2.24) is 0 Å². The van der Waals surface area contributed by atoms with E-state index in [1.807, 2.05) is 30.0 Å². The van der Waals surface area contributed by atoms with Gasteiger partial charge in [0.15, 0.2) is 0 Å². The third-order valence-corrected chi connectivity index (χ3v) is 6.09. The summed E-state index contributed by atoms with van der Waals surface area (Å²) in [5.74, 6) is 0.734.